The van der Waals surface area contributed by atoms with Crippen LogP contribution >= 0.6 is 23.2 Å². The molecule has 1 heterocycles. The number of alkyl halides is 2. The summed E-state index contributed by atoms with van der Waals surface area (Å²) in [6.07, 6.45) is 0.807. The fourth-order valence-electron chi connectivity index (χ4n) is 1.00. The lowest BCUT2D eigenvalue weighted by Crippen LogP contribution is -2.35. The average molecular weight is 199 g/mol. The van der Waals surface area contributed by atoms with Crippen molar-refractivity contribution in [2.24, 2.45) is 0 Å². The lowest BCUT2D eigenvalue weighted by Gasteiger charge is -2.26. The van der Waals surface area contributed by atoms with E-state index in [0.717, 1.165) is 6.42 Å². The Morgan fingerprint density at radius 3 is 2.82 bits per heavy atom. The molecule has 1 aliphatic rings. The summed E-state index contributed by atoms with van der Waals surface area (Å²) in [4.78, 5) is 0. The van der Waals surface area contributed by atoms with Crippen LogP contribution in [0.25, 0.3) is 0 Å². The van der Waals surface area contributed by atoms with E-state index in [-0.39, 0.29) is 11.5 Å². The number of halogens is 2. The second-order valence-electron chi connectivity index (χ2n) is 2.48. The minimum Gasteiger partial charge on any atom is -0.376 e. The molecule has 2 atom stereocenters. The molecular formula is C7H12Cl2O2. The maximum atomic E-state index is 5.97. The van der Waals surface area contributed by atoms with Gasteiger partial charge in [-0.05, 0) is 6.42 Å². The lowest BCUT2D eigenvalue weighted by atomic mass is 10.2. The SMILES string of the molecule is ClCCC(Cl)C1COCCO1. The summed E-state index contributed by atoms with van der Waals surface area (Å²) in [6.45, 7) is 1.93. The van der Waals surface area contributed by atoms with E-state index in [1.165, 1.54) is 0 Å². The van der Waals surface area contributed by atoms with Crippen molar-refractivity contribution in [2.45, 2.75) is 17.9 Å². The summed E-state index contributed by atoms with van der Waals surface area (Å²) in [5.74, 6) is 0.577. The quantitative estimate of drug-likeness (QED) is 0.643. The molecule has 66 valence electrons. The molecule has 2 unspecified atom stereocenters. The van der Waals surface area contributed by atoms with Gasteiger partial charge in [-0.2, -0.15) is 0 Å². The maximum Gasteiger partial charge on any atom is 0.0973 e. The Balaban J connectivity index is 2.21. The predicted octanol–water partition coefficient (Wildman–Crippen LogP) is 1.64. The third-order valence-corrected chi connectivity index (χ3v) is 2.35. The van der Waals surface area contributed by atoms with Crippen molar-refractivity contribution in [3.05, 3.63) is 0 Å². The molecule has 4 heteroatoms. The number of hydrogen-bond donors (Lipinski definition) is 0. The number of ether oxygens (including phenoxy) is 2. The van der Waals surface area contributed by atoms with E-state index in [0.29, 0.717) is 25.7 Å². The fourth-order valence-corrected chi connectivity index (χ4v) is 1.61. The van der Waals surface area contributed by atoms with E-state index in [2.05, 4.69) is 0 Å². The standard InChI is InChI=1S/C7H12Cl2O2/c8-2-1-6(9)7-5-10-3-4-11-7/h6-7H,1-5H2. The van der Waals surface area contributed by atoms with E-state index in [1.807, 2.05) is 0 Å². The van der Waals surface area contributed by atoms with Crippen LogP contribution in [0.2, 0.25) is 0 Å². The van der Waals surface area contributed by atoms with Gasteiger partial charge in [-0.1, -0.05) is 0 Å². The minimum atomic E-state index is -0.00667. The second kappa shape index (κ2) is 5.20. The highest BCUT2D eigenvalue weighted by atomic mass is 35.5. The molecule has 0 aliphatic carbocycles. The maximum absolute atomic E-state index is 5.97. The Morgan fingerprint density at radius 1 is 1.45 bits per heavy atom. The monoisotopic (exact) mass is 198 g/mol. The average Bonchev–Trinajstić information content (AvgIpc) is 2.07. The molecule has 0 aromatic carbocycles. The van der Waals surface area contributed by atoms with Crippen molar-refractivity contribution in [2.75, 3.05) is 25.7 Å². The highest BCUT2D eigenvalue weighted by Gasteiger charge is 2.22. The van der Waals surface area contributed by atoms with Crippen LogP contribution in [-0.2, 0) is 9.47 Å². The van der Waals surface area contributed by atoms with Gasteiger partial charge in [-0.25, -0.2) is 0 Å². The minimum absolute atomic E-state index is 0.00667. The van der Waals surface area contributed by atoms with Gasteiger partial charge in [0.05, 0.1) is 31.3 Å². The molecule has 0 aromatic heterocycles. The van der Waals surface area contributed by atoms with Crippen LogP contribution in [0.5, 0.6) is 0 Å². The summed E-state index contributed by atoms with van der Waals surface area (Å²) in [5, 5.41) is -0.00667. The Morgan fingerprint density at radius 2 is 2.27 bits per heavy atom. The van der Waals surface area contributed by atoms with E-state index < -0.39 is 0 Å². The molecular weight excluding hydrogens is 187 g/mol. The van der Waals surface area contributed by atoms with Crippen LogP contribution in [0.15, 0.2) is 0 Å². The van der Waals surface area contributed by atoms with Crippen LogP contribution in [-0.4, -0.2) is 37.2 Å². The third-order valence-electron chi connectivity index (χ3n) is 1.63. The van der Waals surface area contributed by atoms with Crippen molar-refractivity contribution in [1.82, 2.24) is 0 Å². The fraction of sp³-hybridized carbons (Fsp3) is 1.00. The largest absolute Gasteiger partial charge is 0.376 e. The van der Waals surface area contributed by atoms with Gasteiger partial charge in [-0.3, -0.25) is 0 Å². The van der Waals surface area contributed by atoms with Crippen LogP contribution in [0.3, 0.4) is 0 Å². The van der Waals surface area contributed by atoms with Gasteiger partial charge >= 0.3 is 0 Å². The van der Waals surface area contributed by atoms with Crippen molar-refractivity contribution in [3.63, 3.8) is 0 Å². The first-order chi connectivity index (χ1) is 5.34. The summed E-state index contributed by atoms with van der Waals surface area (Å²) >= 11 is 11.5. The summed E-state index contributed by atoms with van der Waals surface area (Å²) < 4.78 is 10.6. The molecule has 11 heavy (non-hydrogen) atoms. The van der Waals surface area contributed by atoms with Crippen molar-refractivity contribution >= 4 is 23.2 Å². The first-order valence-corrected chi connectivity index (χ1v) is 4.71. The molecule has 0 bridgehead atoms. The molecule has 1 rings (SSSR count). The molecule has 0 amide bonds. The van der Waals surface area contributed by atoms with E-state index in [4.69, 9.17) is 32.7 Å². The van der Waals surface area contributed by atoms with Crippen LogP contribution in [0.1, 0.15) is 6.42 Å². The predicted molar refractivity (Wildman–Crippen MR) is 45.5 cm³/mol. The molecule has 2 nitrogen and oxygen atoms in total. The molecule has 0 saturated carbocycles. The zero-order valence-corrected chi connectivity index (χ0v) is 7.77. The zero-order valence-electron chi connectivity index (χ0n) is 6.26. The van der Waals surface area contributed by atoms with Gasteiger partial charge in [0.15, 0.2) is 0 Å². The highest BCUT2D eigenvalue weighted by Crippen LogP contribution is 2.15. The van der Waals surface area contributed by atoms with Gasteiger partial charge in [0.25, 0.3) is 0 Å². The van der Waals surface area contributed by atoms with Crippen molar-refractivity contribution < 1.29 is 9.47 Å². The molecule has 0 radical (unpaired) electrons. The van der Waals surface area contributed by atoms with Crippen LogP contribution in [0.4, 0.5) is 0 Å². The molecule has 0 aromatic rings. The number of rotatable bonds is 3. The van der Waals surface area contributed by atoms with Gasteiger partial charge < -0.3 is 9.47 Å². The van der Waals surface area contributed by atoms with E-state index >= 15 is 0 Å². The first kappa shape index (κ1) is 9.59. The third kappa shape index (κ3) is 3.16. The Labute approximate surface area is 76.8 Å². The lowest BCUT2D eigenvalue weighted by molar-refractivity contribution is -0.0888. The van der Waals surface area contributed by atoms with Gasteiger partial charge in [0.2, 0.25) is 0 Å². The van der Waals surface area contributed by atoms with Crippen molar-refractivity contribution in [1.29, 1.82) is 0 Å². The second-order valence-corrected chi connectivity index (χ2v) is 3.42. The smallest absolute Gasteiger partial charge is 0.0973 e. The van der Waals surface area contributed by atoms with Crippen LogP contribution < -0.4 is 0 Å². The Bertz CT molecular complexity index is 105. The first-order valence-electron chi connectivity index (χ1n) is 3.74. The molecule has 1 saturated heterocycles. The van der Waals surface area contributed by atoms with Crippen LogP contribution in [0, 0.1) is 0 Å². The topological polar surface area (TPSA) is 18.5 Å². The molecule has 0 N–H and O–H groups in total. The van der Waals surface area contributed by atoms with Gasteiger partial charge in [0.1, 0.15) is 0 Å². The van der Waals surface area contributed by atoms with E-state index in [1.54, 1.807) is 0 Å². The summed E-state index contributed by atoms with van der Waals surface area (Å²) in [7, 11) is 0. The Kier molecular flexibility index (Phi) is 4.53. The normalized spacial score (nSPS) is 28.4. The number of hydrogen-bond acceptors (Lipinski definition) is 2. The van der Waals surface area contributed by atoms with Gasteiger partial charge in [-0.15, -0.1) is 23.2 Å². The molecule has 1 fully saturated rings. The Hall–Kier alpha value is 0.500. The highest BCUT2D eigenvalue weighted by molar-refractivity contribution is 6.22. The van der Waals surface area contributed by atoms with Crippen molar-refractivity contribution in [3.8, 4) is 0 Å². The molecule has 1 aliphatic heterocycles. The zero-order chi connectivity index (χ0) is 8.10. The summed E-state index contributed by atoms with van der Waals surface area (Å²) in [5.41, 5.74) is 0. The van der Waals surface area contributed by atoms with E-state index in [9.17, 15) is 0 Å². The molecule has 0 spiro atoms. The summed E-state index contributed by atoms with van der Waals surface area (Å²) in [6, 6.07) is 0. The van der Waals surface area contributed by atoms with Gasteiger partial charge in [0, 0.05) is 5.88 Å².